The molecule has 128 valence electrons. The number of aliphatic hydroxyl groups is 1. The smallest absolute Gasteiger partial charge is 0.301 e. The lowest BCUT2D eigenvalue weighted by Gasteiger charge is -2.17. The summed E-state index contributed by atoms with van der Waals surface area (Å²) in [7, 11) is 0. The van der Waals surface area contributed by atoms with E-state index < -0.39 is 17.6 Å². The van der Waals surface area contributed by atoms with Crippen molar-refractivity contribution < 1.29 is 19.4 Å². The minimum absolute atomic E-state index is 0.00743. The molecule has 0 atom stereocenters. The molecule has 0 bridgehead atoms. The molecule has 1 heterocycles. The number of hydrogen-bond donors (Lipinski definition) is 1. The van der Waals surface area contributed by atoms with Crippen molar-refractivity contribution in [3.8, 4) is 5.75 Å². The Morgan fingerprint density at radius 1 is 1.00 bits per heavy atom. The standard InChI is InChI=1S/C20H19NO4/c1-4-25-15-8-6-14(7-9-15)17-18(22)20(24)21(19(17)23)16-10-5-12(2)11-13(16)3/h5-11,22H,4H2,1-3H3. The molecule has 0 saturated carbocycles. The van der Waals surface area contributed by atoms with Crippen LogP contribution in [0.3, 0.4) is 0 Å². The number of carbonyl (C=O) groups excluding carboxylic acids is 2. The number of amides is 2. The molecule has 5 nitrogen and oxygen atoms in total. The van der Waals surface area contributed by atoms with Gasteiger partial charge in [-0.1, -0.05) is 29.8 Å². The highest BCUT2D eigenvalue weighted by Gasteiger charge is 2.40. The summed E-state index contributed by atoms with van der Waals surface area (Å²) in [5.41, 5.74) is 2.79. The first-order chi connectivity index (χ1) is 11.9. The Balaban J connectivity index is 1.99. The highest BCUT2D eigenvalue weighted by atomic mass is 16.5. The molecule has 25 heavy (non-hydrogen) atoms. The van der Waals surface area contributed by atoms with Crippen molar-refractivity contribution in [1.29, 1.82) is 0 Å². The quantitative estimate of drug-likeness (QED) is 0.867. The number of imide groups is 1. The second kappa shape index (κ2) is 6.43. The Hall–Kier alpha value is -3.08. The van der Waals surface area contributed by atoms with Crippen molar-refractivity contribution in [2.45, 2.75) is 20.8 Å². The molecule has 0 aromatic heterocycles. The maximum atomic E-state index is 12.8. The van der Waals surface area contributed by atoms with Crippen LogP contribution in [0.4, 0.5) is 5.69 Å². The number of anilines is 1. The van der Waals surface area contributed by atoms with Gasteiger partial charge in [0.1, 0.15) is 5.75 Å². The van der Waals surface area contributed by atoms with E-state index in [0.717, 1.165) is 16.0 Å². The number of aryl methyl sites for hydroxylation is 2. The van der Waals surface area contributed by atoms with Gasteiger partial charge in [0.2, 0.25) is 0 Å². The number of rotatable bonds is 4. The van der Waals surface area contributed by atoms with Gasteiger partial charge in [0, 0.05) is 0 Å². The van der Waals surface area contributed by atoms with E-state index in [-0.39, 0.29) is 5.57 Å². The highest BCUT2D eigenvalue weighted by Crippen LogP contribution is 2.34. The first-order valence-electron chi connectivity index (χ1n) is 8.06. The van der Waals surface area contributed by atoms with E-state index >= 15 is 0 Å². The number of ether oxygens (including phenoxy) is 1. The molecule has 0 aliphatic carbocycles. The molecule has 1 N–H and O–H groups in total. The van der Waals surface area contributed by atoms with E-state index in [1.54, 1.807) is 30.3 Å². The first kappa shape index (κ1) is 16.8. The molecule has 0 unspecified atom stereocenters. The zero-order valence-corrected chi connectivity index (χ0v) is 14.4. The summed E-state index contributed by atoms with van der Waals surface area (Å²) in [6.45, 7) is 6.18. The Morgan fingerprint density at radius 2 is 1.68 bits per heavy atom. The van der Waals surface area contributed by atoms with E-state index in [0.29, 0.717) is 23.6 Å². The summed E-state index contributed by atoms with van der Waals surface area (Å²) in [6, 6.07) is 12.2. The molecule has 5 heteroatoms. The number of aliphatic hydroxyl groups excluding tert-OH is 1. The number of hydrogen-bond acceptors (Lipinski definition) is 4. The lowest BCUT2D eigenvalue weighted by Crippen LogP contribution is -2.32. The van der Waals surface area contributed by atoms with Crippen LogP contribution < -0.4 is 9.64 Å². The average molecular weight is 337 g/mol. The zero-order valence-electron chi connectivity index (χ0n) is 14.4. The molecule has 3 rings (SSSR count). The van der Waals surface area contributed by atoms with Crippen LogP contribution in [0.2, 0.25) is 0 Å². The maximum Gasteiger partial charge on any atom is 0.301 e. The molecular weight excluding hydrogens is 318 g/mol. The summed E-state index contributed by atoms with van der Waals surface area (Å²) in [5, 5.41) is 10.3. The summed E-state index contributed by atoms with van der Waals surface area (Å²) in [4.78, 5) is 26.3. The molecule has 2 amide bonds. The van der Waals surface area contributed by atoms with Gasteiger partial charge in [0.15, 0.2) is 5.76 Å². The third-order valence-corrected chi connectivity index (χ3v) is 4.11. The van der Waals surface area contributed by atoms with Gasteiger partial charge in [-0.3, -0.25) is 9.59 Å². The van der Waals surface area contributed by atoms with Gasteiger partial charge >= 0.3 is 5.91 Å². The third-order valence-electron chi connectivity index (χ3n) is 4.11. The summed E-state index contributed by atoms with van der Waals surface area (Å²) in [6.07, 6.45) is 0. The van der Waals surface area contributed by atoms with Crippen molar-refractivity contribution in [3.63, 3.8) is 0 Å². The number of carbonyl (C=O) groups is 2. The fraction of sp³-hybridized carbons (Fsp3) is 0.200. The van der Waals surface area contributed by atoms with Crippen LogP contribution >= 0.6 is 0 Å². The Labute approximate surface area is 146 Å². The summed E-state index contributed by atoms with van der Waals surface area (Å²) < 4.78 is 5.37. The van der Waals surface area contributed by atoms with Gasteiger partial charge in [-0.2, -0.15) is 0 Å². The minimum atomic E-state index is -0.708. The molecule has 0 spiro atoms. The van der Waals surface area contributed by atoms with Gasteiger partial charge in [-0.15, -0.1) is 0 Å². The number of benzene rings is 2. The fourth-order valence-corrected chi connectivity index (χ4v) is 2.94. The normalized spacial score (nSPS) is 14.4. The summed E-state index contributed by atoms with van der Waals surface area (Å²) >= 11 is 0. The van der Waals surface area contributed by atoms with Crippen molar-refractivity contribution in [2.24, 2.45) is 0 Å². The van der Waals surface area contributed by atoms with Crippen LogP contribution in [0, 0.1) is 13.8 Å². The second-order valence-corrected chi connectivity index (χ2v) is 5.92. The van der Waals surface area contributed by atoms with Gasteiger partial charge in [0.25, 0.3) is 5.91 Å². The average Bonchev–Trinajstić information content (AvgIpc) is 2.79. The Kier molecular flexibility index (Phi) is 4.31. The van der Waals surface area contributed by atoms with Crippen molar-refractivity contribution in [1.82, 2.24) is 0 Å². The highest BCUT2D eigenvalue weighted by molar-refractivity contribution is 6.45. The monoisotopic (exact) mass is 337 g/mol. The van der Waals surface area contributed by atoms with E-state index in [2.05, 4.69) is 0 Å². The molecule has 0 radical (unpaired) electrons. The predicted octanol–water partition coefficient (Wildman–Crippen LogP) is 3.54. The van der Waals surface area contributed by atoms with Crippen molar-refractivity contribution >= 4 is 23.1 Å². The molecule has 2 aromatic carbocycles. The van der Waals surface area contributed by atoms with Crippen LogP contribution in [0.5, 0.6) is 5.75 Å². The van der Waals surface area contributed by atoms with Gasteiger partial charge in [-0.25, -0.2) is 4.90 Å². The van der Waals surface area contributed by atoms with Crippen LogP contribution in [-0.2, 0) is 9.59 Å². The van der Waals surface area contributed by atoms with E-state index in [9.17, 15) is 14.7 Å². The molecule has 0 fully saturated rings. The Bertz CT molecular complexity index is 881. The van der Waals surface area contributed by atoms with Gasteiger partial charge < -0.3 is 9.84 Å². The van der Waals surface area contributed by atoms with E-state index in [1.165, 1.54) is 0 Å². The van der Waals surface area contributed by atoms with Crippen LogP contribution in [0.25, 0.3) is 5.57 Å². The maximum absolute atomic E-state index is 12.8. The lowest BCUT2D eigenvalue weighted by molar-refractivity contribution is -0.121. The van der Waals surface area contributed by atoms with Gasteiger partial charge in [0.05, 0.1) is 17.9 Å². The van der Waals surface area contributed by atoms with Crippen LogP contribution in [-0.4, -0.2) is 23.5 Å². The lowest BCUT2D eigenvalue weighted by atomic mass is 10.1. The predicted molar refractivity (Wildman–Crippen MR) is 95.6 cm³/mol. The topological polar surface area (TPSA) is 66.8 Å². The molecular formula is C20H19NO4. The second-order valence-electron chi connectivity index (χ2n) is 5.92. The summed E-state index contributed by atoms with van der Waals surface area (Å²) in [5.74, 6) is -1.11. The van der Waals surface area contributed by atoms with Crippen molar-refractivity contribution in [2.75, 3.05) is 11.5 Å². The van der Waals surface area contributed by atoms with Gasteiger partial charge in [-0.05, 0) is 50.1 Å². The fourth-order valence-electron chi connectivity index (χ4n) is 2.94. The van der Waals surface area contributed by atoms with E-state index in [1.807, 2.05) is 32.9 Å². The van der Waals surface area contributed by atoms with Crippen LogP contribution in [0.15, 0.2) is 48.2 Å². The van der Waals surface area contributed by atoms with Crippen molar-refractivity contribution in [3.05, 3.63) is 64.9 Å². The van der Waals surface area contributed by atoms with Crippen LogP contribution in [0.1, 0.15) is 23.6 Å². The molecule has 2 aromatic rings. The largest absolute Gasteiger partial charge is 0.502 e. The SMILES string of the molecule is CCOc1ccc(C2=C(O)C(=O)N(c3ccc(C)cc3C)C2=O)cc1. The van der Waals surface area contributed by atoms with E-state index in [4.69, 9.17) is 4.74 Å². The minimum Gasteiger partial charge on any atom is -0.502 e. The molecule has 1 aliphatic heterocycles. The first-order valence-corrected chi connectivity index (χ1v) is 8.06. The molecule has 1 aliphatic rings. The molecule has 0 saturated heterocycles. The third kappa shape index (κ3) is 2.89. The Morgan fingerprint density at radius 3 is 2.28 bits per heavy atom. The number of nitrogens with zero attached hydrogens (tertiary/aromatic N) is 1. The zero-order chi connectivity index (χ0) is 18.1.